The van der Waals surface area contributed by atoms with E-state index in [0.717, 1.165) is 30.0 Å². The highest BCUT2D eigenvalue weighted by Gasteiger charge is 2.24. The summed E-state index contributed by atoms with van der Waals surface area (Å²) in [4.78, 5) is 0. The second kappa shape index (κ2) is 8.97. The minimum absolute atomic E-state index is 0.209. The molecule has 0 heterocycles. The summed E-state index contributed by atoms with van der Waals surface area (Å²) in [6, 6.07) is 0. The Labute approximate surface area is 101 Å². The smallest absolute Gasteiger partial charge is 0.102 e. The second-order valence-electron chi connectivity index (χ2n) is 5.11. The summed E-state index contributed by atoms with van der Waals surface area (Å²) in [5, 5.41) is 18.2. The zero-order valence-corrected chi connectivity index (χ0v) is 11.3. The fourth-order valence-electron chi connectivity index (χ4n) is 2.32. The van der Waals surface area contributed by atoms with Gasteiger partial charge in [-0.05, 0) is 12.8 Å². The molecule has 0 bridgehead atoms. The van der Waals surface area contributed by atoms with E-state index >= 15 is 0 Å². The molecule has 0 amide bonds. The van der Waals surface area contributed by atoms with Gasteiger partial charge in [-0.1, -0.05) is 26.7 Å². The van der Waals surface area contributed by atoms with Crippen LogP contribution in [0.2, 0.25) is 0 Å². The summed E-state index contributed by atoms with van der Waals surface area (Å²) in [6.07, 6.45) is 5.01. The first kappa shape index (κ1) is 15.9. The highest BCUT2D eigenvalue weighted by molar-refractivity contribution is 4.57. The average Bonchev–Trinajstić information content (AvgIpc) is 2.25. The van der Waals surface area contributed by atoms with Gasteiger partial charge in [0.2, 0.25) is 0 Å². The summed E-state index contributed by atoms with van der Waals surface area (Å²) >= 11 is 0. The number of unbranched alkanes of at least 4 members (excludes halogenated alkanes) is 1. The summed E-state index contributed by atoms with van der Waals surface area (Å²) in [5.41, 5.74) is 0. The fourth-order valence-corrected chi connectivity index (χ4v) is 2.32. The van der Waals surface area contributed by atoms with Gasteiger partial charge >= 0.3 is 0 Å². The van der Waals surface area contributed by atoms with E-state index in [2.05, 4.69) is 20.9 Å². The lowest BCUT2D eigenvalue weighted by Crippen LogP contribution is -2.50. The van der Waals surface area contributed by atoms with Gasteiger partial charge in [-0.15, -0.1) is 0 Å². The van der Waals surface area contributed by atoms with Crippen molar-refractivity contribution in [2.24, 2.45) is 5.92 Å². The van der Waals surface area contributed by atoms with Crippen LogP contribution in [0.1, 0.15) is 39.5 Å². The summed E-state index contributed by atoms with van der Waals surface area (Å²) in [6.45, 7) is 7.47. The number of hydrogen-bond donors (Lipinski definition) is 2. The molecule has 0 radical (unpaired) electrons. The van der Waals surface area contributed by atoms with Crippen molar-refractivity contribution in [2.75, 3.05) is 39.9 Å². The maximum absolute atomic E-state index is 9.09. The van der Waals surface area contributed by atoms with Gasteiger partial charge in [0.15, 0.2) is 0 Å². The topological polar surface area (TPSA) is 40.5 Å². The third-order valence-corrected chi connectivity index (χ3v) is 3.52. The Bertz CT molecular complexity index is 156. The molecule has 0 aliphatic carbocycles. The van der Waals surface area contributed by atoms with E-state index in [0.29, 0.717) is 0 Å². The number of aliphatic hydroxyl groups is 2. The van der Waals surface area contributed by atoms with E-state index < -0.39 is 0 Å². The van der Waals surface area contributed by atoms with Crippen LogP contribution >= 0.6 is 0 Å². The Morgan fingerprint density at radius 2 is 1.62 bits per heavy atom. The molecule has 0 saturated heterocycles. The van der Waals surface area contributed by atoms with Crippen molar-refractivity contribution in [3.63, 3.8) is 0 Å². The van der Waals surface area contributed by atoms with Crippen LogP contribution in [0.3, 0.4) is 0 Å². The predicted octanol–water partition coefficient (Wildman–Crippen LogP) is 1.63. The van der Waals surface area contributed by atoms with Gasteiger partial charge in [0.25, 0.3) is 0 Å². The normalized spacial score (nSPS) is 14.1. The van der Waals surface area contributed by atoms with E-state index in [1.165, 1.54) is 25.7 Å². The van der Waals surface area contributed by atoms with Gasteiger partial charge in [0.1, 0.15) is 13.1 Å². The zero-order chi connectivity index (χ0) is 12.4. The molecule has 0 aliphatic rings. The molecule has 16 heavy (non-hydrogen) atoms. The minimum Gasteiger partial charge on any atom is -0.391 e. The van der Waals surface area contributed by atoms with Gasteiger partial charge in [0, 0.05) is 5.92 Å². The molecule has 0 aromatic rings. The first-order chi connectivity index (χ1) is 7.61. The van der Waals surface area contributed by atoms with Crippen LogP contribution in [0.4, 0.5) is 0 Å². The van der Waals surface area contributed by atoms with E-state index in [-0.39, 0.29) is 13.2 Å². The van der Waals surface area contributed by atoms with Crippen LogP contribution in [0.15, 0.2) is 0 Å². The van der Waals surface area contributed by atoms with Crippen LogP contribution in [-0.4, -0.2) is 54.6 Å². The van der Waals surface area contributed by atoms with Crippen molar-refractivity contribution < 1.29 is 14.7 Å². The van der Waals surface area contributed by atoms with Crippen molar-refractivity contribution in [3.05, 3.63) is 0 Å². The molecule has 0 fully saturated rings. The van der Waals surface area contributed by atoms with Gasteiger partial charge in [0.05, 0.1) is 26.8 Å². The Morgan fingerprint density at radius 3 is 2.00 bits per heavy atom. The molecular formula is C13H30NO2+. The quantitative estimate of drug-likeness (QED) is 0.562. The van der Waals surface area contributed by atoms with Crippen LogP contribution < -0.4 is 0 Å². The van der Waals surface area contributed by atoms with Crippen LogP contribution in [0.25, 0.3) is 0 Å². The van der Waals surface area contributed by atoms with Gasteiger partial charge < -0.3 is 14.7 Å². The lowest BCUT2D eigenvalue weighted by atomic mass is 9.98. The third-order valence-electron chi connectivity index (χ3n) is 3.52. The Balaban J connectivity index is 4.21. The van der Waals surface area contributed by atoms with Crippen LogP contribution in [0, 0.1) is 5.92 Å². The van der Waals surface area contributed by atoms with Gasteiger partial charge in [-0.25, -0.2) is 0 Å². The number of likely N-dealkylation sites (N-methyl/N-ethyl adjacent to an activating group) is 1. The van der Waals surface area contributed by atoms with Crippen molar-refractivity contribution in [3.8, 4) is 0 Å². The van der Waals surface area contributed by atoms with Crippen molar-refractivity contribution in [1.82, 2.24) is 0 Å². The number of rotatable bonds is 10. The molecule has 98 valence electrons. The predicted molar refractivity (Wildman–Crippen MR) is 68.3 cm³/mol. The molecule has 0 spiro atoms. The first-order valence-corrected chi connectivity index (χ1v) is 6.67. The fraction of sp³-hybridized carbons (Fsp3) is 1.00. The molecule has 1 unspecified atom stereocenters. The summed E-state index contributed by atoms with van der Waals surface area (Å²) < 4.78 is 0.801. The standard InChI is InChI=1S/C13H30NO2/c1-4-6-7-13(5-2)12-14(3,8-10-15)9-11-16/h13,15-16H,4-12H2,1-3H3/q+1. The van der Waals surface area contributed by atoms with Crippen LogP contribution in [-0.2, 0) is 0 Å². The number of quaternary nitrogens is 1. The average molecular weight is 232 g/mol. The minimum atomic E-state index is 0.209. The largest absolute Gasteiger partial charge is 0.391 e. The Hall–Kier alpha value is -0.120. The molecular weight excluding hydrogens is 202 g/mol. The van der Waals surface area contributed by atoms with Gasteiger partial charge in [-0.2, -0.15) is 0 Å². The number of aliphatic hydroxyl groups excluding tert-OH is 2. The lowest BCUT2D eigenvalue weighted by Gasteiger charge is -2.36. The zero-order valence-electron chi connectivity index (χ0n) is 11.3. The van der Waals surface area contributed by atoms with Crippen molar-refractivity contribution in [2.45, 2.75) is 39.5 Å². The van der Waals surface area contributed by atoms with Crippen LogP contribution in [0.5, 0.6) is 0 Å². The molecule has 3 heteroatoms. The van der Waals surface area contributed by atoms with Gasteiger partial charge in [-0.3, -0.25) is 0 Å². The molecule has 0 aromatic heterocycles. The highest BCUT2D eigenvalue weighted by Crippen LogP contribution is 2.17. The SMILES string of the molecule is CCCCC(CC)C[N+](C)(CCO)CCO. The highest BCUT2D eigenvalue weighted by atomic mass is 16.3. The summed E-state index contributed by atoms with van der Waals surface area (Å²) in [7, 11) is 2.14. The number of nitrogens with zero attached hydrogens (tertiary/aromatic N) is 1. The first-order valence-electron chi connectivity index (χ1n) is 6.67. The molecule has 0 rings (SSSR count). The third kappa shape index (κ3) is 6.46. The molecule has 0 saturated carbocycles. The van der Waals surface area contributed by atoms with Crippen molar-refractivity contribution >= 4 is 0 Å². The lowest BCUT2D eigenvalue weighted by molar-refractivity contribution is -0.913. The molecule has 0 aromatic carbocycles. The second-order valence-corrected chi connectivity index (χ2v) is 5.11. The molecule has 3 nitrogen and oxygen atoms in total. The molecule has 1 atom stereocenters. The van der Waals surface area contributed by atoms with E-state index in [1.807, 2.05) is 0 Å². The van der Waals surface area contributed by atoms with E-state index in [4.69, 9.17) is 10.2 Å². The van der Waals surface area contributed by atoms with E-state index in [1.54, 1.807) is 0 Å². The van der Waals surface area contributed by atoms with E-state index in [9.17, 15) is 0 Å². The number of hydrogen-bond acceptors (Lipinski definition) is 2. The maximum Gasteiger partial charge on any atom is 0.102 e. The molecule has 2 N–H and O–H groups in total. The summed E-state index contributed by atoms with van der Waals surface area (Å²) in [5.74, 6) is 0.725. The Kier molecular flexibility index (Phi) is 8.90. The maximum atomic E-state index is 9.09. The Morgan fingerprint density at radius 1 is 1.06 bits per heavy atom. The molecule has 0 aliphatic heterocycles. The van der Waals surface area contributed by atoms with Crippen molar-refractivity contribution in [1.29, 1.82) is 0 Å². The monoisotopic (exact) mass is 232 g/mol.